The lowest BCUT2D eigenvalue weighted by molar-refractivity contribution is 1.72. The van der Waals surface area contributed by atoms with E-state index in [2.05, 4.69) is 63.7 Å². The molecule has 12 heavy (non-hydrogen) atoms. The average Bonchev–Trinajstić information content (AvgIpc) is 2.06. The summed E-state index contributed by atoms with van der Waals surface area (Å²) < 4.78 is 0. The maximum Gasteiger partial charge on any atom is 0.163 e. The van der Waals surface area contributed by atoms with Crippen LogP contribution in [0.3, 0.4) is 0 Å². The second kappa shape index (κ2) is 3.93. The van der Waals surface area contributed by atoms with Crippen LogP contribution in [0, 0.1) is 10.4 Å². The van der Waals surface area contributed by atoms with Gasteiger partial charge in [0.2, 0.25) is 0 Å². The predicted octanol–water partition coefficient (Wildman–Crippen LogP) is 2.50. The van der Waals surface area contributed by atoms with Gasteiger partial charge in [0.1, 0.15) is 0 Å². The molecule has 0 saturated heterocycles. The van der Waals surface area contributed by atoms with E-state index in [1.54, 1.807) is 0 Å². The fourth-order valence-corrected chi connectivity index (χ4v) is 3.94. The Morgan fingerprint density at radius 3 is 2.25 bits per heavy atom. The number of benzene rings is 1. The molecule has 0 nitrogen and oxygen atoms in total. The molecule has 0 fully saturated rings. The fraction of sp³-hybridized carbons (Fsp3) is 0.200. The van der Waals surface area contributed by atoms with Gasteiger partial charge in [0.25, 0.3) is 0 Å². The number of hydrogen-bond donors (Lipinski definition) is 0. The third-order valence-corrected chi connectivity index (χ3v) is 4.95. The third-order valence-electron chi connectivity index (χ3n) is 1.86. The first-order valence-corrected chi connectivity index (χ1v) is 7.64. The molecule has 1 aromatic carbocycles. The summed E-state index contributed by atoms with van der Waals surface area (Å²) in [5.41, 5.74) is 3.24. The molecular formula is C10H11BrSi. The molecule has 0 spiro atoms. The molecule has 0 aliphatic heterocycles. The minimum absolute atomic E-state index is 1.39. The van der Waals surface area contributed by atoms with Gasteiger partial charge in [-0.1, -0.05) is 43.4 Å². The summed E-state index contributed by atoms with van der Waals surface area (Å²) >= 11 is 3.16. The van der Waals surface area contributed by atoms with Gasteiger partial charge in [0.05, 0.1) is 0 Å². The van der Waals surface area contributed by atoms with Crippen LogP contribution >= 0.6 is 15.9 Å². The van der Waals surface area contributed by atoms with E-state index in [-0.39, 0.29) is 0 Å². The lowest BCUT2D eigenvalue weighted by Gasteiger charge is -2.14. The minimum Gasteiger partial charge on any atom is -0.114 e. The van der Waals surface area contributed by atoms with Crippen molar-refractivity contribution in [3.05, 3.63) is 30.3 Å². The van der Waals surface area contributed by atoms with Gasteiger partial charge in [-0.05, 0) is 10.0 Å². The molecule has 0 amide bonds. The Bertz CT molecular complexity index is 306. The smallest absolute Gasteiger partial charge is 0.114 e. The predicted molar refractivity (Wildman–Crippen MR) is 60.3 cm³/mol. The van der Waals surface area contributed by atoms with E-state index in [1.165, 1.54) is 5.19 Å². The van der Waals surface area contributed by atoms with E-state index in [1.807, 2.05) is 6.07 Å². The Morgan fingerprint density at radius 2 is 1.75 bits per heavy atom. The summed E-state index contributed by atoms with van der Waals surface area (Å²) in [6.45, 7) is 4.49. The van der Waals surface area contributed by atoms with E-state index in [4.69, 9.17) is 0 Å². The molecule has 1 rings (SSSR count). The monoisotopic (exact) mass is 238 g/mol. The van der Waals surface area contributed by atoms with E-state index in [9.17, 15) is 0 Å². The van der Waals surface area contributed by atoms with Gasteiger partial charge < -0.3 is 0 Å². The number of hydrogen-bond acceptors (Lipinski definition) is 0. The van der Waals surface area contributed by atoms with Crippen LogP contribution in [0.1, 0.15) is 0 Å². The molecule has 0 aromatic heterocycles. The Balaban J connectivity index is 3.03. The molecule has 2 heteroatoms. The summed E-state index contributed by atoms with van der Waals surface area (Å²) in [7, 11) is -1.49. The molecule has 0 aliphatic rings. The van der Waals surface area contributed by atoms with Gasteiger partial charge in [-0.25, -0.2) is 0 Å². The Hall–Kier alpha value is -0.523. The van der Waals surface area contributed by atoms with Crippen molar-refractivity contribution in [2.45, 2.75) is 13.1 Å². The van der Waals surface area contributed by atoms with Gasteiger partial charge in [0.15, 0.2) is 8.07 Å². The molecule has 0 aliphatic carbocycles. The van der Waals surface area contributed by atoms with Crippen LogP contribution in [0.25, 0.3) is 0 Å². The number of rotatable bonds is 1. The Labute approximate surface area is 83.1 Å². The summed E-state index contributed by atoms with van der Waals surface area (Å²) in [5.74, 6) is 0. The minimum atomic E-state index is -1.49. The first-order chi connectivity index (χ1) is 5.67. The third kappa shape index (κ3) is 2.23. The van der Waals surface area contributed by atoms with Gasteiger partial charge in [-0.3, -0.25) is 0 Å². The summed E-state index contributed by atoms with van der Waals surface area (Å²) in [6.07, 6.45) is 0. The highest BCUT2D eigenvalue weighted by molar-refractivity contribution is 9.12. The first kappa shape index (κ1) is 9.56. The lowest BCUT2D eigenvalue weighted by Crippen LogP contribution is -2.39. The van der Waals surface area contributed by atoms with Crippen LogP contribution in [-0.4, -0.2) is 8.07 Å². The first-order valence-electron chi connectivity index (χ1n) is 3.85. The molecule has 0 unspecified atom stereocenters. The topological polar surface area (TPSA) is 0 Å². The maximum absolute atomic E-state index is 3.24. The highest BCUT2D eigenvalue weighted by atomic mass is 79.9. The summed E-state index contributed by atoms with van der Waals surface area (Å²) in [4.78, 5) is 2.83. The SMILES string of the molecule is C[Si](C)(C#CBr)c1ccccc1. The average molecular weight is 239 g/mol. The van der Waals surface area contributed by atoms with Crippen LogP contribution < -0.4 is 5.19 Å². The Kier molecular flexibility index (Phi) is 3.13. The van der Waals surface area contributed by atoms with Crippen LogP contribution in [0.4, 0.5) is 0 Å². The number of halogens is 1. The zero-order chi connectivity index (χ0) is 9.03. The quantitative estimate of drug-likeness (QED) is 0.521. The van der Waals surface area contributed by atoms with Crippen LogP contribution in [0.2, 0.25) is 13.1 Å². The van der Waals surface area contributed by atoms with Gasteiger partial charge >= 0.3 is 0 Å². The second-order valence-corrected chi connectivity index (χ2v) is 7.68. The van der Waals surface area contributed by atoms with E-state index >= 15 is 0 Å². The summed E-state index contributed by atoms with van der Waals surface area (Å²) in [6, 6.07) is 10.5. The molecule has 0 bridgehead atoms. The van der Waals surface area contributed by atoms with E-state index < -0.39 is 8.07 Å². The second-order valence-electron chi connectivity index (χ2n) is 3.21. The van der Waals surface area contributed by atoms with Crippen LogP contribution in [0.15, 0.2) is 30.3 Å². The van der Waals surface area contributed by atoms with Crippen LogP contribution in [0.5, 0.6) is 0 Å². The van der Waals surface area contributed by atoms with Crippen molar-refractivity contribution in [3.63, 3.8) is 0 Å². The fourth-order valence-electron chi connectivity index (χ4n) is 1.05. The van der Waals surface area contributed by atoms with Crippen molar-refractivity contribution < 1.29 is 0 Å². The van der Waals surface area contributed by atoms with Gasteiger partial charge in [0, 0.05) is 15.9 Å². The highest BCUT2D eigenvalue weighted by Gasteiger charge is 2.19. The molecule has 0 atom stereocenters. The van der Waals surface area contributed by atoms with Crippen molar-refractivity contribution in [2.75, 3.05) is 0 Å². The molecule has 0 saturated carbocycles. The summed E-state index contributed by atoms with van der Waals surface area (Å²) in [5, 5.41) is 1.39. The molecule has 0 N–H and O–H groups in total. The highest BCUT2D eigenvalue weighted by Crippen LogP contribution is 2.01. The van der Waals surface area contributed by atoms with Crippen molar-refractivity contribution in [1.82, 2.24) is 0 Å². The largest absolute Gasteiger partial charge is 0.163 e. The van der Waals surface area contributed by atoms with Crippen molar-refractivity contribution in [3.8, 4) is 10.4 Å². The molecule has 1 aromatic rings. The van der Waals surface area contributed by atoms with Crippen LogP contribution in [-0.2, 0) is 0 Å². The Morgan fingerprint density at radius 1 is 1.17 bits per heavy atom. The zero-order valence-electron chi connectivity index (χ0n) is 7.26. The van der Waals surface area contributed by atoms with Gasteiger partial charge in [-0.2, -0.15) is 0 Å². The van der Waals surface area contributed by atoms with Gasteiger partial charge in [-0.15, -0.1) is 5.54 Å². The molecule has 62 valence electrons. The van der Waals surface area contributed by atoms with E-state index in [0.717, 1.165) is 0 Å². The van der Waals surface area contributed by atoms with Crippen molar-refractivity contribution in [2.24, 2.45) is 0 Å². The lowest BCUT2D eigenvalue weighted by atomic mass is 10.4. The molecule has 0 heterocycles. The van der Waals surface area contributed by atoms with Crippen molar-refractivity contribution >= 4 is 29.2 Å². The van der Waals surface area contributed by atoms with E-state index in [0.29, 0.717) is 0 Å². The normalized spacial score (nSPS) is 10.2. The van der Waals surface area contributed by atoms with Crippen molar-refractivity contribution in [1.29, 1.82) is 0 Å². The molecule has 0 radical (unpaired) electrons. The zero-order valence-corrected chi connectivity index (χ0v) is 9.85. The standard InChI is InChI=1S/C10H11BrSi/c1-12(2,9-8-11)10-6-4-3-5-7-10/h3-7H,1-2H3. The maximum atomic E-state index is 3.24. The molecular weight excluding hydrogens is 228 g/mol.